The molecule has 0 atom stereocenters. The largest absolute Gasteiger partial charge is 0.504 e. The highest BCUT2D eigenvalue weighted by Crippen LogP contribution is 2.46. The number of aromatic hydroxyl groups is 25. The summed E-state index contributed by atoms with van der Waals surface area (Å²) in [5.74, 6) is -9.55. The first kappa shape index (κ1) is 102. The lowest BCUT2D eigenvalue weighted by Gasteiger charge is -2.18. The van der Waals surface area contributed by atoms with E-state index in [1.54, 1.807) is 103 Å². The van der Waals surface area contributed by atoms with Crippen LogP contribution in [0, 0.1) is 0 Å². The highest BCUT2D eigenvalue weighted by atomic mass is 79.9. The summed E-state index contributed by atoms with van der Waals surface area (Å²) in [4.78, 5) is 5.42. The van der Waals surface area contributed by atoms with Gasteiger partial charge in [-0.2, -0.15) is 0 Å². The van der Waals surface area contributed by atoms with Gasteiger partial charge in [-0.15, -0.1) is 0 Å². The lowest BCUT2D eigenvalue weighted by atomic mass is 10.1. The van der Waals surface area contributed by atoms with Gasteiger partial charge in [0.25, 0.3) is 0 Å². The lowest BCUT2D eigenvalue weighted by molar-refractivity contribution is 0.364. The molecule has 0 fully saturated rings. The summed E-state index contributed by atoms with van der Waals surface area (Å²) in [6.45, 7) is 1.18. The van der Waals surface area contributed by atoms with Gasteiger partial charge in [-0.05, 0) is 301 Å². The summed E-state index contributed by atoms with van der Waals surface area (Å²) in [5, 5.41) is 246. The zero-order valence-electron chi connectivity index (χ0n) is 63.5. The van der Waals surface area contributed by atoms with Gasteiger partial charge < -0.3 is 153 Å². The number of halogens is 7. The van der Waals surface area contributed by atoms with Crippen molar-refractivity contribution in [2.24, 2.45) is 0 Å². The zero-order chi connectivity index (χ0) is 92.7. The number of nitrogens with one attached hydrogen (secondary N) is 3. The molecule has 0 saturated heterocycles. The van der Waals surface area contributed by atoms with Crippen molar-refractivity contribution in [3.05, 3.63) is 227 Å². The van der Waals surface area contributed by atoms with Crippen molar-refractivity contribution in [2.45, 2.75) is 32.7 Å². The van der Waals surface area contributed by atoms with Crippen LogP contribution >= 0.6 is 173 Å². The molecule has 0 aliphatic heterocycles. The Morgan fingerprint density at radius 3 is 0.823 bits per heavy atom. The van der Waals surface area contributed by atoms with Crippen LogP contribution in [0.25, 0.3) is 30.4 Å². The van der Waals surface area contributed by atoms with Crippen LogP contribution in [-0.2, 0) is 32.7 Å². The number of nitrogens with zero attached hydrogens (tertiary/aromatic N) is 2. The van der Waals surface area contributed by atoms with Crippen LogP contribution in [-0.4, -0.2) is 177 Å². The highest BCUT2D eigenvalue weighted by molar-refractivity contribution is 9.13. The first-order chi connectivity index (χ1) is 58.1. The molecule has 124 heavy (non-hydrogen) atoms. The average Bonchev–Trinajstić information content (AvgIpc) is 0.819. The van der Waals surface area contributed by atoms with Crippen molar-refractivity contribution in [1.29, 1.82) is 0 Å². The van der Waals surface area contributed by atoms with Gasteiger partial charge >= 0.3 is 0 Å². The Bertz CT molecular complexity index is 5460. The number of thiocarbonyl (C=S) groups is 5. The summed E-state index contributed by atoms with van der Waals surface area (Å²) in [6.07, 6.45) is 16.3. The van der Waals surface area contributed by atoms with Crippen LogP contribution < -0.4 is 16.0 Å². The fourth-order valence-corrected chi connectivity index (χ4v) is 13.7. The molecule has 0 aliphatic rings. The Kier molecular flexibility index (Phi) is 38.0. The van der Waals surface area contributed by atoms with Gasteiger partial charge in [0, 0.05) is 61.3 Å². The van der Waals surface area contributed by atoms with E-state index in [9.17, 15) is 128 Å². The topological polar surface area (TPSA) is 548 Å². The maximum Gasteiger partial charge on any atom is 0.200 e. The number of phenolic OH excluding ortho intramolecular Hbond substituents is 25. The normalized spacial score (nSPS) is 10.9. The second kappa shape index (κ2) is 46.4. The quantitative estimate of drug-likeness (QED) is 0.0191. The van der Waals surface area contributed by atoms with E-state index in [0.717, 1.165) is 0 Å². The van der Waals surface area contributed by atoms with E-state index in [0.29, 0.717) is 125 Å². The van der Waals surface area contributed by atoms with Gasteiger partial charge in [-0.3, -0.25) is 0 Å². The number of likely N-dealkylation sites (N-methyl/N-ethyl adjacent to an activating group) is 2. The molecule has 0 saturated carbocycles. The average molecular weight is 2250 g/mol. The molecule has 42 heteroatoms. The van der Waals surface area contributed by atoms with Crippen LogP contribution in [0.4, 0.5) is 0 Å². The van der Waals surface area contributed by atoms with Crippen molar-refractivity contribution >= 4 is 228 Å². The number of phenols is 25. The van der Waals surface area contributed by atoms with E-state index in [1.807, 2.05) is 0 Å². The minimum Gasteiger partial charge on any atom is -0.504 e. The fourth-order valence-electron chi connectivity index (χ4n) is 9.91. The summed E-state index contributed by atoms with van der Waals surface area (Å²) >= 11 is 48.4. The van der Waals surface area contributed by atoms with E-state index in [-0.39, 0.29) is 77.1 Å². The smallest absolute Gasteiger partial charge is 0.200 e. The molecular formula is C82H72Br7N5O25S5. The monoisotopic (exact) mass is 2240 g/mol. The van der Waals surface area contributed by atoms with E-state index in [2.05, 4.69) is 127 Å². The second-order valence-electron chi connectivity index (χ2n) is 25.6. The SMILES string of the molecule is CN(Cc1cc(O)c(O)c(O)c1)C(=S)/C=C/c1cc(O)c(O)c(Br)c1.CN(Cc1cc(O)c(O)c(O)c1)C(=S)/C=C/c1cc(O)c(O)c(Br)c1.Oc1cc(/C=C/C(=S)NCc2ccc(O)c(O)c2O)cc(Br)c1O.Oc1cc(CNC(=S)/C=C/c2cc(O)c(O)c(Br)c2Br)cc(O)c1O.Oc1cc(CNC(=S)/C=C/c2cc(O)c(O)c(Br)c2Br)cc(O)c1O. The van der Waals surface area contributed by atoms with Gasteiger partial charge in [0.05, 0.1) is 37.3 Å². The number of hydrogen-bond acceptors (Lipinski definition) is 30. The second-order valence-corrected chi connectivity index (χ2v) is 33.5. The maximum atomic E-state index is 9.72. The predicted octanol–water partition coefficient (Wildman–Crippen LogP) is 17.7. The summed E-state index contributed by atoms with van der Waals surface area (Å²) in [6, 6.07) is 25.1. The fraction of sp³-hybridized carbons (Fsp3) is 0.0854. The van der Waals surface area contributed by atoms with Crippen LogP contribution in [0.5, 0.6) is 144 Å². The highest BCUT2D eigenvalue weighted by Gasteiger charge is 2.19. The molecule has 10 rings (SSSR count). The number of benzene rings is 10. The molecule has 0 amide bonds. The molecule has 0 aromatic heterocycles. The summed E-state index contributed by atoms with van der Waals surface area (Å²) < 4.78 is 2.82. The molecular weight excluding hydrogens is 2170 g/mol. The van der Waals surface area contributed by atoms with Crippen LogP contribution in [0.1, 0.15) is 55.6 Å². The van der Waals surface area contributed by atoms with Gasteiger partial charge in [0.1, 0.15) is 9.98 Å². The van der Waals surface area contributed by atoms with Gasteiger partial charge in [0.2, 0.25) is 5.75 Å². The van der Waals surface area contributed by atoms with E-state index >= 15 is 0 Å². The molecule has 30 nitrogen and oxygen atoms in total. The third-order valence-corrected chi connectivity index (χ3v) is 24.2. The Labute approximate surface area is 790 Å². The molecule has 28 N–H and O–H groups in total. The zero-order valence-corrected chi connectivity index (χ0v) is 78.6. The molecule has 654 valence electrons. The molecule has 0 bridgehead atoms. The number of rotatable bonds is 20. The Hall–Kier alpha value is -11.3. The molecule has 0 radical (unpaired) electrons. The third kappa shape index (κ3) is 29.2. The molecule has 10 aromatic rings. The Morgan fingerprint density at radius 1 is 0.266 bits per heavy atom. The first-order valence-electron chi connectivity index (χ1n) is 34.4. The lowest BCUT2D eigenvalue weighted by Crippen LogP contribution is -2.22. The minimum atomic E-state index is -0.583. The van der Waals surface area contributed by atoms with Crippen LogP contribution in [0.3, 0.4) is 0 Å². The van der Waals surface area contributed by atoms with Crippen LogP contribution in [0.15, 0.2) is 171 Å². The first-order valence-corrected chi connectivity index (χ1v) is 42.0. The Morgan fingerprint density at radius 2 is 0.524 bits per heavy atom. The molecule has 10 aromatic carbocycles. The van der Waals surface area contributed by atoms with E-state index in [4.69, 9.17) is 61.1 Å². The minimum absolute atomic E-state index is 0.146. The Balaban J connectivity index is 0.000000240. The van der Waals surface area contributed by atoms with E-state index in [1.165, 1.54) is 91.0 Å². The molecule has 0 spiro atoms. The van der Waals surface area contributed by atoms with Crippen molar-refractivity contribution in [1.82, 2.24) is 25.8 Å². The van der Waals surface area contributed by atoms with Gasteiger partial charge in [0.15, 0.2) is 138 Å². The van der Waals surface area contributed by atoms with Gasteiger partial charge in [-0.25, -0.2) is 0 Å². The van der Waals surface area contributed by atoms with Gasteiger partial charge in [-0.1, -0.05) is 91.5 Å². The predicted molar refractivity (Wildman–Crippen MR) is 512 cm³/mol. The molecule has 0 aliphatic carbocycles. The summed E-state index contributed by atoms with van der Waals surface area (Å²) in [7, 11) is 3.47. The standard InChI is InChI=1S/2C17H16BrNO5S.2C16H13Br2NO5S.C16H14BrNO5S/c2*1-19(8-10-6-13(21)17(24)14(22)7-10)15(25)3-2-9-4-11(18)16(23)12(20)5-9;2*17-13-8(5-11(22)16(24)14(13)18)1-2-12(25)19-6-7-3-9(20)15(23)10(21)4-7;17-10-5-8(6-12(20)15(10)22)1-4-13(24)18-7-9-2-3-11(19)16(23)14(9)21/h2*2-7,20-24H,8H2,1H3;2*1-5,20-24H,6H2,(H,19,25);1-6,19-23H,7H2,(H,18,24)/b2*3-2+;2*2-1+;4-1+. The van der Waals surface area contributed by atoms with Crippen LogP contribution in [0.2, 0.25) is 0 Å². The third-order valence-electron chi connectivity index (χ3n) is 16.4. The maximum absolute atomic E-state index is 9.72. The number of hydrogen-bond donors (Lipinski definition) is 28. The van der Waals surface area contributed by atoms with Crippen molar-refractivity contribution in [3.8, 4) is 144 Å². The van der Waals surface area contributed by atoms with Crippen molar-refractivity contribution in [2.75, 3.05) is 14.1 Å². The van der Waals surface area contributed by atoms with E-state index < -0.39 is 86.2 Å². The molecule has 0 heterocycles. The van der Waals surface area contributed by atoms with Crippen molar-refractivity contribution < 1.29 is 128 Å². The molecule has 0 unspecified atom stereocenters. The summed E-state index contributed by atoms with van der Waals surface area (Å²) in [5.41, 5.74) is 5.61. The van der Waals surface area contributed by atoms with Crippen molar-refractivity contribution in [3.63, 3.8) is 0 Å².